The van der Waals surface area contributed by atoms with E-state index < -0.39 is 0 Å². The van der Waals surface area contributed by atoms with Crippen molar-refractivity contribution in [2.24, 2.45) is 11.8 Å². The molecule has 0 N–H and O–H groups in total. The van der Waals surface area contributed by atoms with Crippen LogP contribution in [0.4, 0.5) is 0 Å². The predicted octanol–water partition coefficient (Wildman–Crippen LogP) is 2.74. The molecule has 1 nitrogen and oxygen atoms in total. The first-order valence-corrected chi connectivity index (χ1v) is 6.20. The third kappa shape index (κ3) is 2.60. The van der Waals surface area contributed by atoms with Crippen molar-refractivity contribution in [3.8, 4) is 0 Å². The van der Waals surface area contributed by atoms with Crippen molar-refractivity contribution in [2.45, 2.75) is 32.1 Å². The van der Waals surface area contributed by atoms with Gasteiger partial charge in [0, 0.05) is 19.0 Å². The fourth-order valence-corrected chi connectivity index (χ4v) is 2.82. The largest absolute Gasteiger partial charge is 0.303 e. The predicted molar refractivity (Wildman–Crippen MR) is 57.2 cm³/mol. The molecule has 2 aliphatic rings. The summed E-state index contributed by atoms with van der Waals surface area (Å²) in [6.07, 6.45) is 7.05. The van der Waals surface area contributed by atoms with E-state index in [0.29, 0.717) is 0 Å². The van der Waals surface area contributed by atoms with E-state index >= 15 is 0 Å². The molecule has 2 fully saturated rings. The van der Waals surface area contributed by atoms with Gasteiger partial charge in [-0.1, -0.05) is 6.42 Å². The molecule has 1 aliphatic heterocycles. The Morgan fingerprint density at radius 3 is 2.62 bits per heavy atom. The first kappa shape index (κ1) is 9.79. The highest BCUT2D eigenvalue weighted by Crippen LogP contribution is 2.29. The van der Waals surface area contributed by atoms with Crippen LogP contribution in [0, 0.1) is 11.8 Å². The van der Waals surface area contributed by atoms with Crippen LogP contribution in [0.1, 0.15) is 32.1 Å². The van der Waals surface area contributed by atoms with Gasteiger partial charge in [-0.05, 0) is 44.1 Å². The molecule has 2 heteroatoms. The molecule has 0 aromatic carbocycles. The maximum Gasteiger partial charge on any atom is 0.0226 e. The third-order valence-electron chi connectivity index (χ3n) is 3.63. The lowest BCUT2D eigenvalue weighted by molar-refractivity contribution is 0.200. The molecule has 0 bridgehead atoms. The van der Waals surface area contributed by atoms with Gasteiger partial charge in [-0.2, -0.15) is 0 Å². The van der Waals surface area contributed by atoms with Crippen LogP contribution in [-0.4, -0.2) is 30.4 Å². The van der Waals surface area contributed by atoms with Crippen LogP contribution in [0.3, 0.4) is 0 Å². The van der Waals surface area contributed by atoms with Gasteiger partial charge in [-0.3, -0.25) is 0 Å². The summed E-state index contributed by atoms with van der Waals surface area (Å²) in [5.41, 5.74) is 0. The third-order valence-corrected chi connectivity index (χ3v) is 3.85. The number of halogens is 1. The second-order valence-corrected chi connectivity index (χ2v) is 5.07. The molecule has 1 heterocycles. The molecule has 1 atom stereocenters. The lowest BCUT2D eigenvalue weighted by atomic mass is 9.85. The second kappa shape index (κ2) is 4.65. The highest BCUT2D eigenvalue weighted by atomic mass is 35.5. The van der Waals surface area contributed by atoms with E-state index in [9.17, 15) is 0 Å². The molecular weight excluding hydrogens is 182 g/mol. The average Bonchev–Trinajstić information content (AvgIpc) is 2.46. The molecular formula is C11H20ClN. The summed E-state index contributed by atoms with van der Waals surface area (Å²) in [6, 6.07) is 0. The van der Waals surface area contributed by atoms with E-state index in [0.717, 1.165) is 17.7 Å². The first-order valence-electron chi connectivity index (χ1n) is 5.67. The maximum atomic E-state index is 5.75. The van der Waals surface area contributed by atoms with E-state index in [-0.39, 0.29) is 0 Å². The Morgan fingerprint density at radius 1 is 1.15 bits per heavy atom. The van der Waals surface area contributed by atoms with Crippen molar-refractivity contribution >= 4 is 11.6 Å². The van der Waals surface area contributed by atoms with Gasteiger partial charge in [-0.25, -0.2) is 0 Å². The molecule has 0 aromatic rings. The number of likely N-dealkylation sites (tertiary alicyclic amines) is 1. The first-order chi connectivity index (χ1) is 6.38. The molecule has 1 saturated heterocycles. The normalized spacial score (nSPS) is 30.7. The lowest BCUT2D eigenvalue weighted by Gasteiger charge is -2.30. The van der Waals surface area contributed by atoms with Crippen LogP contribution < -0.4 is 0 Å². The van der Waals surface area contributed by atoms with Gasteiger partial charge in [0.15, 0.2) is 0 Å². The van der Waals surface area contributed by atoms with Crippen LogP contribution in [-0.2, 0) is 0 Å². The number of hydrogen-bond acceptors (Lipinski definition) is 1. The van der Waals surface area contributed by atoms with Crippen molar-refractivity contribution in [3.63, 3.8) is 0 Å². The Balaban J connectivity index is 1.65. The molecule has 13 heavy (non-hydrogen) atoms. The van der Waals surface area contributed by atoms with Gasteiger partial charge in [-0.15, -0.1) is 11.6 Å². The van der Waals surface area contributed by atoms with Gasteiger partial charge in [0.05, 0.1) is 0 Å². The summed E-state index contributed by atoms with van der Waals surface area (Å²) in [7, 11) is 0. The van der Waals surface area contributed by atoms with Gasteiger partial charge in [0.25, 0.3) is 0 Å². The molecule has 0 spiro atoms. The van der Waals surface area contributed by atoms with Crippen molar-refractivity contribution < 1.29 is 0 Å². The van der Waals surface area contributed by atoms with E-state index in [4.69, 9.17) is 11.6 Å². The minimum atomic E-state index is 0.849. The zero-order valence-corrected chi connectivity index (χ0v) is 9.10. The fraction of sp³-hybridized carbons (Fsp3) is 1.00. The summed E-state index contributed by atoms with van der Waals surface area (Å²) in [4.78, 5) is 2.65. The van der Waals surface area contributed by atoms with E-state index in [2.05, 4.69) is 4.90 Å². The Labute approximate surface area is 86.4 Å². The smallest absolute Gasteiger partial charge is 0.0226 e. The van der Waals surface area contributed by atoms with Crippen LogP contribution in [0.2, 0.25) is 0 Å². The average molecular weight is 202 g/mol. The highest BCUT2D eigenvalue weighted by Gasteiger charge is 2.26. The summed E-state index contributed by atoms with van der Waals surface area (Å²) in [5, 5.41) is 0. The Morgan fingerprint density at radius 2 is 2.00 bits per heavy atom. The van der Waals surface area contributed by atoms with Gasteiger partial charge in [0.1, 0.15) is 0 Å². The molecule has 0 amide bonds. The van der Waals surface area contributed by atoms with Crippen molar-refractivity contribution in [1.82, 2.24) is 4.90 Å². The molecule has 0 aromatic heterocycles. The summed E-state index contributed by atoms with van der Waals surface area (Å²) >= 11 is 5.75. The topological polar surface area (TPSA) is 3.24 Å². The minimum absolute atomic E-state index is 0.849. The summed E-state index contributed by atoms with van der Waals surface area (Å²) < 4.78 is 0. The van der Waals surface area contributed by atoms with Crippen molar-refractivity contribution in [2.75, 3.05) is 25.5 Å². The molecule has 1 unspecified atom stereocenters. The SMILES string of the molecule is ClCCC1CCN(CC2CCC2)C1. The van der Waals surface area contributed by atoms with E-state index in [1.54, 1.807) is 0 Å². The Bertz CT molecular complexity index is 156. The quantitative estimate of drug-likeness (QED) is 0.633. The summed E-state index contributed by atoms with van der Waals surface area (Å²) in [5.74, 6) is 2.79. The molecule has 1 aliphatic carbocycles. The molecule has 2 rings (SSSR count). The zero-order chi connectivity index (χ0) is 9.10. The van der Waals surface area contributed by atoms with E-state index in [1.165, 1.54) is 51.7 Å². The van der Waals surface area contributed by atoms with Crippen LogP contribution >= 0.6 is 11.6 Å². The minimum Gasteiger partial charge on any atom is -0.303 e. The van der Waals surface area contributed by atoms with Gasteiger partial charge in [0.2, 0.25) is 0 Å². The summed E-state index contributed by atoms with van der Waals surface area (Å²) in [6.45, 7) is 4.03. The standard InChI is InChI=1S/C11H20ClN/c12-6-4-11-5-7-13(9-11)8-10-2-1-3-10/h10-11H,1-9H2. The number of rotatable bonds is 4. The van der Waals surface area contributed by atoms with E-state index in [1.807, 2.05) is 0 Å². The Kier molecular flexibility index (Phi) is 3.51. The Hall–Kier alpha value is 0.250. The lowest BCUT2D eigenvalue weighted by Crippen LogP contribution is -2.30. The zero-order valence-electron chi connectivity index (χ0n) is 8.34. The van der Waals surface area contributed by atoms with Crippen LogP contribution in [0.5, 0.6) is 0 Å². The van der Waals surface area contributed by atoms with Crippen LogP contribution in [0.15, 0.2) is 0 Å². The van der Waals surface area contributed by atoms with Gasteiger partial charge >= 0.3 is 0 Å². The monoisotopic (exact) mass is 201 g/mol. The van der Waals surface area contributed by atoms with Crippen molar-refractivity contribution in [1.29, 1.82) is 0 Å². The number of nitrogens with zero attached hydrogens (tertiary/aromatic N) is 1. The fourth-order valence-electron chi connectivity index (χ4n) is 2.51. The highest BCUT2D eigenvalue weighted by molar-refractivity contribution is 6.17. The number of hydrogen-bond donors (Lipinski definition) is 0. The second-order valence-electron chi connectivity index (χ2n) is 4.69. The molecule has 1 saturated carbocycles. The van der Waals surface area contributed by atoms with Crippen molar-refractivity contribution in [3.05, 3.63) is 0 Å². The maximum absolute atomic E-state index is 5.75. The molecule has 0 radical (unpaired) electrons. The molecule has 76 valence electrons. The van der Waals surface area contributed by atoms with Crippen LogP contribution in [0.25, 0.3) is 0 Å². The van der Waals surface area contributed by atoms with Gasteiger partial charge < -0.3 is 4.90 Å². The number of alkyl halides is 1.